The van der Waals surface area contributed by atoms with Crippen LogP contribution in [-0.2, 0) is 13.1 Å². The zero-order valence-electron chi connectivity index (χ0n) is 14.4. The van der Waals surface area contributed by atoms with Crippen LogP contribution in [-0.4, -0.2) is 39.7 Å². The minimum Gasteiger partial charge on any atom is -0.451 e. The van der Waals surface area contributed by atoms with Gasteiger partial charge in [0, 0.05) is 23.5 Å². The molecule has 4 rings (SSSR count). The molecule has 7 nitrogen and oxygen atoms in total. The summed E-state index contributed by atoms with van der Waals surface area (Å²) < 4.78 is 7.88. The normalized spacial score (nSPS) is 14.4. The topological polar surface area (TPSA) is 76.2 Å². The second-order valence-electron chi connectivity index (χ2n) is 6.71. The van der Waals surface area contributed by atoms with Crippen LogP contribution in [0.3, 0.4) is 0 Å². The maximum Gasteiger partial charge on any atom is 0.287 e. The molecule has 1 N–H and O–H groups in total. The molecule has 0 spiro atoms. The SMILES string of the molecule is CN(C)Cc1c(C(=O)NCc2nncn2C2CC2)oc2ccccc12. The van der Waals surface area contributed by atoms with Gasteiger partial charge in [0.15, 0.2) is 11.6 Å². The fourth-order valence-electron chi connectivity index (χ4n) is 3.05. The molecule has 1 fully saturated rings. The molecule has 0 unspecified atom stereocenters. The molecule has 1 aromatic carbocycles. The lowest BCUT2D eigenvalue weighted by atomic mass is 10.1. The number of nitrogens with zero attached hydrogens (tertiary/aromatic N) is 4. The van der Waals surface area contributed by atoms with Crippen molar-refractivity contribution in [2.45, 2.75) is 32.0 Å². The summed E-state index contributed by atoms with van der Waals surface area (Å²) in [6.07, 6.45) is 4.03. The molecule has 0 aliphatic heterocycles. The number of amides is 1. The second-order valence-corrected chi connectivity index (χ2v) is 6.71. The van der Waals surface area contributed by atoms with Crippen LogP contribution >= 0.6 is 0 Å². The molecule has 2 heterocycles. The van der Waals surface area contributed by atoms with E-state index in [1.807, 2.05) is 47.8 Å². The van der Waals surface area contributed by atoms with Crippen molar-refractivity contribution in [2.24, 2.45) is 0 Å². The van der Waals surface area contributed by atoms with Crippen molar-refractivity contribution in [2.75, 3.05) is 14.1 Å². The number of hydrogen-bond donors (Lipinski definition) is 1. The maximum atomic E-state index is 12.7. The maximum absolute atomic E-state index is 12.7. The van der Waals surface area contributed by atoms with Crippen molar-refractivity contribution in [3.63, 3.8) is 0 Å². The Kier molecular flexibility index (Phi) is 4.01. The summed E-state index contributed by atoms with van der Waals surface area (Å²) in [5, 5.41) is 12.0. The number of rotatable bonds is 6. The Hall–Kier alpha value is -2.67. The van der Waals surface area contributed by atoms with E-state index in [0.29, 0.717) is 24.9 Å². The largest absolute Gasteiger partial charge is 0.451 e. The molecule has 7 heteroatoms. The quantitative estimate of drug-likeness (QED) is 0.746. The predicted octanol–water partition coefficient (Wildman–Crippen LogP) is 2.35. The summed E-state index contributed by atoms with van der Waals surface area (Å²) in [4.78, 5) is 14.8. The standard InChI is InChI=1S/C18H21N5O2/c1-22(2)10-14-13-5-3-4-6-15(13)25-17(14)18(24)19-9-16-21-20-11-23(16)12-7-8-12/h3-6,11-12H,7-10H2,1-2H3,(H,19,24). The summed E-state index contributed by atoms with van der Waals surface area (Å²) in [6, 6.07) is 8.21. The van der Waals surface area contributed by atoms with Gasteiger partial charge in [-0.3, -0.25) is 4.79 Å². The molecule has 0 saturated heterocycles. The van der Waals surface area contributed by atoms with E-state index < -0.39 is 0 Å². The summed E-state index contributed by atoms with van der Waals surface area (Å²) in [7, 11) is 3.95. The minimum atomic E-state index is -0.224. The van der Waals surface area contributed by atoms with E-state index in [1.54, 1.807) is 6.33 Å². The van der Waals surface area contributed by atoms with Crippen LogP contribution in [0.2, 0.25) is 0 Å². The molecular weight excluding hydrogens is 318 g/mol. The zero-order chi connectivity index (χ0) is 17.4. The highest BCUT2D eigenvalue weighted by Crippen LogP contribution is 2.35. The number of hydrogen-bond acceptors (Lipinski definition) is 5. The van der Waals surface area contributed by atoms with Gasteiger partial charge in [0.25, 0.3) is 5.91 Å². The first-order chi connectivity index (χ1) is 12.1. The fourth-order valence-corrected chi connectivity index (χ4v) is 3.05. The number of carbonyl (C=O) groups excluding carboxylic acids is 1. The van der Waals surface area contributed by atoms with E-state index >= 15 is 0 Å². The number of aromatic nitrogens is 3. The van der Waals surface area contributed by atoms with Crippen molar-refractivity contribution in [1.82, 2.24) is 25.0 Å². The Bertz CT molecular complexity index is 907. The molecule has 1 aliphatic carbocycles. The highest BCUT2D eigenvalue weighted by Gasteiger charge is 2.26. The number of furan rings is 1. The minimum absolute atomic E-state index is 0.224. The summed E-state index contributed by atoms with van der Waals surface area (Å²) in [5.41, 5.74) is 1.63. The first kappa shape index (κ1) is 15.8. The van der Waals surface area contributed by atoms with E-state index in [2.05, 4.69) is 15.5 Å². The number of para-hydroxylation sites is 1. The number of fused-ring (bicyclic) bond motifs is 1. The Morgan fingerprint density at radius 2 is 2.16 bits per heavy atom. The first-order valence-corrected chi connectivity index (χ1v) is 8.45. The van der Waals surface area contributed by atoms with Crippen molar-refractivity contribution in [3.05, 3.63) is 47.7 Å². The molecule has 2 aromatic heterocycles. The van der Waals surface area contributed by atoms with Crippen LogP contribution < -0.4 is 5.32 Å². The third kappa shape index (κ3) is 3.15. The van der Waals surface area contributed by atoms with Crippen molar-refractivity contribution < 1.29 is 9.21 Å². The third-order valence-corrected chi connectivity index (χ3v) is 4.37. The molecule has 3 aromatic rings. The lowest BCUT2D eigenvalue weighted by Gasteiger charge is -2.10. The molecule has 0 atom stereocenters. The lowest BCUT2D eigenvalue weighted by Crippen LogP contribution is -2.26. The van der Waals surface area contributed by atoms with Gasteiger partial charge in [-0.2, -0.15) is 0 Å². The molecule has 1 aliphatic rings. The molecule has 25 heavy (non-hydrogen) atoms. The summed E-state index contributed by atoms with van der Waals surface area (Å²) in [5.74, 6) is 0.923. The van der Waals surface area contributed by atoms with E-state index in [-0.39, 0.29) is 5.91 Å². The van der Waals surface area contributed by atoms with Gasteiger partial charge in [0.2, 0.25) is 0 Å². The Morgan fingerprint density at radius 1 is 1.36 bits per heavy atom. The number of carbonyl (C=O) groups is 1. The van der Waals surface area contributed by atoms with E-state index in [9.17, 15) is 4.79 Å². The van der Waals surface area contributed by atoms with Gasteiger partial charge in [-0.15, -0.1) is 10.2 Å². The van der Waals surface area contributed by atoms with Gasteiger partial charge < -0.3 is 19.2 Å². The van der Waals surface area contributed by atoms with Crippen LogP contribution in [0.1, 0.15) is 40.8 Å². The highest BCUT2D eigenvalue weighted by atomic mass is 16.3. The van der Waals surface area contributed by atoms with Gasteiger partial charge in [0.05, 0.1) is 6.54 Å². The first-order valence-electron chi connectivity index (χ1n) is 8.45. The van der Waals surface area contributed by atoms with Gasteiger partial charge >= 0.3 is 0 Å². The molecule has 1 saturated carbocycles. The van der Waals surface area contributed by atoms with E-state index in [4.69, 9.17) is 4.42 Å². The van der Waals surface area contributed by atoms with Crippen molar-refractivity contribution in [3.8, 4) is 0 Å². The van der Waals surface area contributed by atoms with E-state index in [0.717, 1.165) is 35.2 Å². The monoisotopic (exact) mass is 339 g/mol. The Morgan fingerprint density at radius 3 is 2.92 bits per heavy atom. The molecule has 1 amide bonds. The summed E-state index contributed by atoms with van der Waals surface area (Å²) >= 11 is 0. The molecule has 130 valence electrons. The average molecular weight is 339 g/mol. The van der Waals surface area contributed by atoms with Gasteiger partial charge in [-0.05, 0) is 33.0 Å². The molecular formula is C18H21N5O2. The van der Waals surface area contributed by atoms with Gasteiger partial charge in [-0.25, -0.2) is 0 Å². The second kappa shape index (κ2) is 6.33. The third-order valence-electron chi connectivity index (χ3n) is 4.37. The number of nitrogens with one attached hydrogen (secondary N) is 1. The zero-order valence-corrected chi connectivity index (χ0v) is 14.4. The fraction of sp³-hybridized carbons (Fsp3) is 0.389. The smallest absolute Gasteiger partial charge is 0.287 e. The Labute approximate surface area is 145 Å². The van der Waals surface area contributed by atoms with Crippen LogP contribution in [0.4, 0.5) is 0 Å². The molecule has 0 radical (unpaired) electrons. The average Bonchev–Trinajstić information content (AvgIpc) is 3.22. The van der Waals surface area contributed by atoms with Crippen LogP contribution in [0.15, 0.2) is 35.0 Å². The van der Waals surface area contributed by atoms with Gasteiger partial charge in [-0.1, -0.05) is 18.2 Å². The predicted molar refractivity (Wildman–Crippen MR) is 93.1 cm³/mol. The van der Waals surface area contributed by atoms with Crippen LogP contribution in [0, 0.1) is 0 Å². The van der Waals surface area contributed by atoms with Crippen LogP contribution in [0.5, 0.6) is 0 Å². The van der Waals surface area contributed by atoms with Crippen molar-refractivity contribution >= 4 is 16.9 Å². The van der Waals surface area contributed by atoms with Gasteiger partial charge in [0.1, 0.15) is 11.9 Å². The number of benzene rings is 1. The van der Waals surface area contributed by atoms with Crippen LogP contribution in [0.25, 0.3) is 11.0 Å². The highest BCUT2D eigenvalue weighted by molar-refractivity contribution is 5.99. The molecule has 0 bridgehead atoms. The van der Waals surface area contributed by atoms with E-state index in [1.165, 1.54) is 0 Å². The van der Waals surface area contributed by atoms with Crippen molar-refractivity contribution in [1.29, 1.82) is 0 Å². The lowest BCUT2D eigenvalue weighted by molar-refractivity contribution is 0.0921. The Balaban J connectivity index is 1.57. The summed E-state index contributed by atoms with van der Waals surface area (Å²) in [6.45, 7) is 0.978.